The molecule has 0 amide bonds. The van der Waals surface area contributed by atoms with Crippen LogP contribution >= 0.6 is 0 Å². The molecule has 2 atom stereocenters. The third-order valence-corrected chi connectivity index (χ3v) is 6.01. The Kier molecular flexibility index (Phi) is 5.04. The Morgan fingerprint density at radius 3 is 2.52 bits per heavy atom. The molecule has 3 heterocycles. The number of nitrogens with zero attached hydrogens (tertiary/aromatic N) is 1. The van der Waals surface area contributed by atoms with E-state index in [4.69, 9.17) is 10.5 Å². The maximum absolute atomic E-state index is 6.22. The molecule has 3 aliphatic heterocycles. The normalized spacial score (nSPS) is 26.4. The van der Waals surface area contributed by atoms with E-state index in [0.29, 0.717) is 18.4 Å². The molecule has 2 aromatic rings. The third kappa shape index (κ3) is 3.73. The van der Waals surface area contributed by atoms with E-state index >= 15 is 0 Å². The Balaban J connectivity index is 1.47. The Morgan fingerprint density at radius 1 is 1.04 bits per heavy atom. The molecule has 2 unspecified atom stereocenters. The van der Waals surface area contributed by atoms with Crippen molar-refractivity contribution in [3.8, 4) is 5.75 Å². The van der Waals surface area contributed by atoms with Crippen LogP contribution in [0.2, 0.25) is 0 Å². The van der Waals surface area contributed by atoms with Gasteiger partial charge in [0.1, 0.15) is 12.4 Å². The van der Waals surface area contributed by atoms with Gasteiger partial charge in [-0.25, -0.2) is 0 Å². The molecule has 25 heavy (non-hydrogen) atoms. The minimum absolute atomic E-state index is 0.438. The number of benzene rings is 2. The molecule has 5 rings (SSSR count). The zero-order valence-corrected chi connectivity index (χ0v) is 14.8. The maximum Gasteiger partial charge on any atom is 0.120 e. The fourth-order valence-electron chi connectivity index (χ4n) is 4.60. The van der Waals surface area contributed by atoms with Crippen LogP contribution in [0.4, 0.5) is 0 Å². The molecule has 3 aliphatic rings. The highest BCUT2D eigenvalue weighted by atomic mass is 16.5. The second-order valence-corrected chi connectivity index (χ2v) is 7.49. The molecule has 0 saturated carbocycles. The third-order valence-electron chi connectivity index (χ3n) is 6.01. The van der Waals surface area contributed by atoms with E-state index in [9.17, 15) is 0 Å². The van der Waals surface area contributed by atoms with Crippen LogP contribution in [0.15, 0.2) is 54.6 Å². The van der Waals surface area contributed by atoms with Crippen molar-refractivity contribution in [1.29, 1.82) is 0 Å². The highest BCUT2D eigenvalue weighted by Crippen LogP contribution is 2.41. The zero-order chi connectivity index (χ0) is 17.1. The molecule has 0 spiro atoms. The number of fused-ring (bicyclic) bond motifs is 3. The number of piperidine rings is 3. The maximum atomic E-state index is 6.22. The lowest BCUT2D eigenvalue weighted by atomic mass is 9.70. The summed E-state index contributed by atoms with van der Waals surface area (Å²) in [6.45, 7) is 5.09. The Hall–Kier alpha value is -1.84. The molecule has 3 saturated heterocycles. The van der Waals surface area contributed by atoms with E-state index < -0.39 is 0 Å². The van der Waals surface area contributed by atoms with E-state index in [0.717, 1.165) is 18.2 Å². The molecule has 2 aromatic carbocycles. The van der Waals surface area contributed by atoms with Gasteiger partial charge in [0.05, 0.1) is 0 Å². The summed E-state index contributed by atoms with van der Waals surface area (Å²) in [4.78, 5) is 2.61. The van der Waals surface area contributed by atoms with Gasteiger partial charge in [-0.15, -0.1) is 0 Å². The average Bonchev–Trinajstić information content (AvgIpc) is 2.69. The fraction of sp³-hybridized carbons (Fsp3) is 0.455. The van der Waals surface area contributed by atoms with Crippen molar-refractivity contribution in [2.24, 2.45) is 17.6 Å². The van der Waals surface area contributed by atoms with Gasteiger partial charge in [0.15, 0.2) is 0 Å². The van der Waals surface area contributed by atoms with Crippen molar-refractivity contribution in [3.63, 3.8) is 0 Å². The van der Waals surface area contributed by atoms with Crippen LogP contribution in [-0.2, 0) is 6.61 Å². The van der Waals surface area contributed by atoms with Crippen LogP contribution in [0.25, 0.3) is 0 Å². The van der Waals surface area contributed by atoms with E-state index in [2.05, 4.69) is 41.3 Å². The predicted octanol–water partition coefficient (Wildman–Crippen LogP) is 3.65. The summed E-state index contributed by atoms with van der Waals surface area (Å²) >= 11 is 0. The highest BCUT2D eigenvalue weighted by Gasteiger charge is 2.38. The van der Waals surface area contributed by atoms with Gasteiger partial charge < -0.3 is 15.4 Å². The second-order valence-electron chi connectivity index (χ2n) is 7.49. The van der Waals surface area contributed by atoms with Gasteiger partial charge in [0.25, 0.3) is 0 Å². The van der Waals surface area contributed by atoms with E-state index in [1.54, 1.807) is 0 Å². The Morgan fingerprint density at radius 2 is 1.84 bits per heavy atom. The number of nitrogens with two attached hydrogens (primary N) is 1. The summed E-state index contributed by atoms with van der Waals surface area (Å²) in [5.41, 5.74) is 8.76. The monoisotopic (exact) mass is 336 g/mol. The highest BCUT2D eigenvalue weighted by molar-refractivity contribution is 5.32. The second kappa shape index (κ2) is 7.59. The average molecular weight is 336 g/mol. The Bertz CT molecular complexity index is 679. The molecule has 0 aliphatic carbocycles. The molecule has 3 nitrogen and oxygen atoms in total. The Labute approximate surface area is 150 Å². The van der Waals surface area contributed by atoms with Crippen molar-refractivity contribution in [1.82, 2.24) is 4.90 Å². The SMILES string of the molecule is NCC(c1cccc(OCc2ccccc2)c1)C1CN2CCC1CC2. The smallest absolute Gasteiger partial charge is 0.120 e. The van der Waals surface area contributed by atoms with Crippen LogP contribution in [0.1, 0.15) is 29.9 Å². The number of rotatable bonds is 6. The standard InChI is InChI=1S/C22H28N2O/c23-14-21(22-15-24-11-9-18(22)10-12-24)19-7-4-8-20(13-19)25-16-17-5-2-1-3-6-17/h1-8,13,18,21-22H,9-12,14-16,23H2. The fourth-order valence-corrected chi connectivity index (χ4v) is 4.60. The summed E-state index contributed by atoms with van der Waals surface area (Å²) < 4.78 is 6.03. The number of hydrogen-bond donors (Lipinski definition) is 1. The first kappa shape index (κ1) is 16.6. The lowest BCUT2D eigenvalue weighted by molar-refractivity contribution is 0.0378. The van der Waals surface area contributed by atoms with E-state index in [1.807, 2.05) is 18.2 Å². The molecule has 0 aromatic heterocycles. The molecule has 0 radical (unpaired) electrons. The van der Waals surface area contributed by atoms with Gasteiger partial charge in [-0.3, -0.25) is 0 Å². The molecular formula is C22H28N2O. The summed E-state index contributed by atoms with van der Waals surface area (Å²) in [5.74, 6) is 2.92. The van der Waals surface area contributed by atoms with Crippen molar-refractivity contribution >= 4 is 0 Å². The zero-order valence-electron chi connectivity index (χ0n) is 14.8. The van der Waals surface area contributed by atoms with Crippen molar-refractivity contribution in [2.45, 2.75) is 25.4 Å². The van der Waals surface area contributed by atoms with Crippen molar-refractivity contribution in [3.05, 3.63) is 65.7 Å². The summed E-state index contributed by atoms with van der Waals surface area (Å²) in [6.07, 6.45) is 2.68. The van der Waals surface area contributed by atoms with Gasteiger partial charge in [0.2, 0.25) is 0 Å². The van der Waals surface area contributed by atoms with Crippen LogP contribution in [0, 0.1) is 11.8 Å². The summed E-state index contributed by atoms with van der Waals surface area (Å²) in [6, 6.07) is 18.9. The first-order chi connectivity index (χ1) is 12.3. The van der Waals surface area contributed by atoms with Crippen LogP contribution < -0.4 is 10.5 Å². The van der Waals surface area contributed by atoms with Gasteiger partial charge in [0, 0.05) is 12.5 Å². The largest absolute Gasteiger partial charge is 0.489 e. The topological polar surface area (TPSA) is 38.5 Å². The molecular weight excluding hydrogens is 308 g/mol. The minimum Gasteiger partial charge on any atom is -0.489 e. The lowest BCUT2D eigenvalue weighted by Crippen LogP contribution is -2.50. The molecule has 2 N–H and O–H groups in total. The van der Waals surface area contributed by atoms with Crippen LogP contribution in [0.5, 0.6) is 5.75 Å². The van der Waals surface area contributed by atoms with Gasteiger partial charge in [-0.2, -0.15) is 0 Å². The lowest BCUT2D eigenvalue weighted by Gasteiger charge is -2.47. The molecule has 3 heteroatoms. The number of ether oxygens (including phenoxy) is 1. The minimum atomic E-state index is 0.438. The van der Waals surface area contributed by atoms with Gasteiger partial charge in [-0.1, -0.05) is 42.5 Å². The van der Waals surface area contributed by atoms with Crippen molar-refractivity contribution < 1.29 is 4.74 Å². The first-order valence-electron chi connectivity index (χ1n) is 9.52. The number of hydrogen-bond acceptors (Lipinski definition) is 3. The van der Waals surface area contributed by atoms with E-state index in [-0.39, 0.29) is 0 Å². The van der Waals surface area contributed by atoms with Crippen LogP contribution in [0.3, 0.4) is 0 Å². The summed E-state index contributed by atoms with van der Waals surface area (Å²) in [5, 5.41) is 0. The van der Waals surface area contributed by atoms with Crippen LogP contribution in [-0.4, -0.2) is 31.1 Å². The molecule has 2 bridgehead atoms. The molecule has 3 fully saturated rings. The molecule has 132 valence electrons. The first-order valence-corrected chi connectivity index (χ1v) is 9.52. The van der Waals surface area contributed by atoms with Gasteiger partial charge >= 0.3 is 0 Å². The predicted molar refractivity (Wildman–Crippen MR) is 102 cm³/mol. The van der Waals surface area contributed by atoms with Gasteiger partial charge in [-0.05, 0) is 67.6 Å². The van der Waals surface area contributed by atoms with Crippen molar-refractivity contribution in [2.75, 3.05) is 26.2 Å². The summed E-state index contributed by atoms with van der Waals surface area (Å²) in [7, 11) is 0. The quantitative estimate of drug-likeness (QED) is 0.875. The van der Waals surface area contributed by atoms with E-state index in [1.165, 1.54) is 43.6 Å².